The third-order valence-corrected chi connectivity index (χ3v) is 3.70. The fourth-order valence-electron chi connectivity index (χ4n) is 2.77. The van der Waals surface area contributed by atoms with Gasteiger partial charge in [0.05, 0.1) is 11.0 Å². The zero-order chi connectivity index (χ0) is 15.0. The molecule has 0 aromatic heterocycles. The number of allylic oxidation sites excluding steroid dienone is 1. The van der Waals surface area contributed by atoms with Crippen LogP contribution in [0.1, 0.15) is 30.9 Å². The largest absolute Gasteiger partial charge is 0.327 e. The first kappa shape index (κ1) is 13.3. The van der Waals surface area contributed by atoms with Crippen molar-refractivity contribution in [1.82, 2.24) is 10.6 Å². The molecule has 0 bridgehead atoms. The lowest BCUT2D eigenvalue weighted by Crippen LogP contribution is -2.46. The number of nitro groups is 1. The van der Waals surface area contributed by atoms with Crippen molar-refractivity contribution in [1.29, 1.82) is 0 Å². The standard InChI is InChI=1S/C14H13N3O4/c18-11-6-2-5-10-12(11)13(16-14(19)15-10)8-3-1-4-9(7-8)17(20)21/h1,3-4,7,13H,2,5-6H2,(H2,15,16,19)/t13-/m1/s1. The summed E-state index contributed by atoms with van der Waals surface area (Å²) in [7, 11) is 0. The van der Waals surface area contributed by atoms with E-state index in [2.05, 4.69) is 10.6 Å². The SMILES string of the molecule is O=C1NC2=C(C(=O)CCC2)[C@@H](c2cccc([N+](=O)[O-])c2)N1. The number of carbonyl (C=O) groups excluding carboxylic acids is 2. The van der Waals surface area contributed by atoms with E-state index in [4.69, 9.17) is 0 Å². The number of carbonyl (C=O) groups is 2. The van der Waals surface area contributed by atoms with E-state index in [1.54, 1.807) is 12.1 Å². The van der Waals surface area contributed by atoms with E-state index in [0.717, 1.165) is 0 Å². The number of nitrogens with zero attached hydrogens (tertiary/aromatic N) is 1. The Kier molecular flexibility index (Phi) is 3.17. The molecule has 1 heterocycles. The fraction of sp³-hybridized carbons (Fsp3) is 0.286. The van der Waals surface area contributed by atoms with Crippen LogP contribution in [0.15, 0.2) is 35.5 Å². The van der Waals surface area contributed by atoms with Crippen molar-refractivity contribution in [2.24, 2.45) is 0 Å². The van der Waals surface area contributed by atoms with Crippen LogP contribution in [0.5, 0.6) is 0 Å². The molecule has 0 radical (unpaired) electrons. The Morgan fingerprint density at radius 2 is 2.05 bits per heavy atom. The fourth-order valence-corrected chi connectivity index (χ4v) is 2.77. The van der Waals surface area contributed by atoms with Gasteiger partial charge in [-0.25, -0.2) is 4.79 Å². The van der Waals surface area contributed by atoms with Crippen LogP contribution < -0.4 is 10.6 Å². The molecule has 0 saturated heterocycles. The van der Waals surface area contributed by atoms with E-state index in [1.807, 2.05) is 0 Å². The van der Waals surface area contributed by atoms with Gasteiger partial charge in [-0.05, 0) is 18.4 Å². The Morgan fingerprint density at radius 3 is 2.81 bits per heavy atom. The molecule has 2 aliphatic rings. The average molecular weight is 287 g/mol. The van der Waals surface area contributed by atoms with E-state index in [1.165, 1.54) is 12.1 Å². The lowest BCUT2D eigenvalue weighted by Gasteiger charge is -2.32. The Morgan fingerprint density at radius 1 is 1.24 bits per heavy atom. The Hall–Kier alpha value is -2.70. The van der Waals surface area contributed by atoms with Gasteiger partial charge < -0.3 is 10.6 Å². The summed E-state index contributed by atoms with van der Waals surface area (Å²) in [4.78, 5) is 34.3. The molecule has 108 valence electrons. The van der Waals surface area contributed by atoms with Crippen molar-refractivity contribution in [2.45, 2.75) is 25.3 Å². The topological polar surface area (TPSA) is 101 Å². The summed E-state index contributed by atoms with van der Waals surface area (Å²) in [5.74, 6) is -0.0275. The summed E-state index contributed by atoms with van der Waals surface area (Å²) in [5, 5.41) is 16.2. The number of benzene rings is 1. The lowest BCUT2D eigenvalue weighted by molar-refractivity contribution is -0.384. The molecule has 21 heavy (non-hydrogen) atoms. The Labute approximate surface area is 120 Å². The van der Waals surface area contributed by atoms with Crippen LogP contribution in [-0.2, 0) is 4.79 Å². The van der Waals surface area contributed by atoms with Crippen molar-refractivity contribution >= 4 is 17.5 Å². The normalized spacial score (nSPS) is 21.4. The summed E-state index contributed by atoms with van der Waals surface area (Å²) >= 11 is 0. The second kappa shape index (κ2) is 5.01. The second-order valence-corrected chi connectivity index (χ2v) is 5.05. The number of non-ortho nitro benzene ring substituents is 1. The van der Waals surface area contributed by atoms with Gasteiger partial charge in [0.15, 0.2) is 5.78 Å². The van der Waals surface area contributed by atoms with Crippen molar-refractivity contribution < 1.29 is 14.5 Å². The average Bonchev–Trinajstić information content (AvgIpc) is 2.46. The van der Waals surface area contributed by atoms with Gasteiger partial charge in [0.1, 0.15) is 0 Å². The molecule has 1 aliphatic carbocycles. The Balaban J connectivity index is 2.07. The molecule has 1 aliphatic heterocycles. The monoisotopic (exact) mass is 287 g/mol. The number of hydrogen-bond donors (Lipinski definition) is 2. The highest BCUT2D eigenvalue weighted by Crippen LogP contribution is 2.34. The van der Waals surface area contributed by atoms with Gasteiger partial charge in [0.25, 0.3) is 5.69 Å². The number of urea groups is 1. The van der Waals surface area contributed by atoms with Crippen molar-refractivity contribution in [3.05, 3.63) is 51.2 Å². The van der Waals surface area contributed by atoms with Gasteiger partial charge in [-0.3, -0.25) is 14.9 Å². The minimum atomic E-state index is -0.624. The first-order valence-corrected chi connectivity index (χ1v) is 6.64. The molecule has 1 aromatic rings. The maximum absolute atomic E-state index is 12.2. The van der Waals surface area contributed by atoms with Crippen LogP contribution in [0.3, 0.4) is 0 Å². The van der Waals surface area contributed by atoms with Crippen LogP contribution in [0, 0.1) is 10.1 Å². The zero-order valence-electron chi connectivity index (χ0n) is 11.1. The van der Waals surface area contributed by atoms with E-state index in [-0.39, 0.29) is 17.5 Å². The predicted molar refractivity (Wildman–Crippen MR) is 73.4 cm³/mol. The summed E-state index contributed by atoms with van der Waals surface area (Å²) < 4.78 is 0. The maximum atomic E-state index is 12.2. The second-order valence-electron chi connectivity index (χ2n) is 5.05. The number of rotatable bonds is 2. The van der Waals surface area contributed by atoms with E-state index < -0.39 is 11.0 Å². The molecule has 3 rings (SSSR count). The van der Waals surface area contributed by atoms with E-state index in [9.17, 15) is 19.7 Å². The third-order valence-electron chi connectivity index (χ3n) is 3.70. The van der Waals surface area contributed by atoms with E-state index in [0.29, 0.717) is 36.1 Å². The molecule has 7 heteroatoms. The molecule has 2 amide bonds. The predicted octanol–water partition coefficient (Wildman–Crippen LogP) is 1.96. The van der Waals surface area contributed by atoms with Crippen molar-refractivity contribution in [3.8, 4) is 0 Å². The van der Waals surface area contributed by atoms with Gasteiger partial charge in [-0.15, -0.1) is 0 Å². The summed E-state index contributed by atoms with van der Waals surface area (Å²) in [6, 6.07) is 4.99. The summed E-state index contributed by atoms with van der Waals surface area (Å²) in [6.45, 7) is 0. The number of amides is 2. The minimum Gasteiger partial charge on any atom is -0.327 e. The van der Waals surface area contributed by atoms with Crippen LogP contribution in [0.25, 0.3) is 0 Å². The van der Waals surface area contributed by atoms with Gasteiger partial charge in [0.2, 0.25) is 0 Å². The molecule has 7 nitrogen and oxygen atoms in total. The number of nitro benzene ring substituents is 1. The van der Waals surface area contributed by atoms with Crippen LogP contribution in [0.2, 0.25) is 0 Å². The van der Waals surface area contributed by atoms with Crippen LogP contribution in [0.4, 0.5) is 10.5 Å². The quantitative estimate of drug-likeness (QED) is 0.641. The molecular formula is C14H13N3O4. The molecular weight excluding hydrogens is 274 g/mol. The third kappa shape index (κ3) is 2.37. The molecule has 1 aromatic carbocycles. The number of hydrogen-bond acceptors (Lipinski definition) is 4. The van der Waals surface area contributed by atoms with Gasteiger partial charge in [0, 0.05) is 29.8 Å². The molecule has 0 unspecified atom stereocenters. The van der Waals surface area contributed by atoms with Gasteiger partial charge >= 0.3 is 6.03 Å². The highest BCUT2D eigenvalue weighted by atomic mass is 16.6. The number of ketones is 1. The smallest absolute Gasteiger partial charge is 0.319 e. The first-order valence-electron chi connectivity index (χ1n) is 6.64. The van der Waals surface area contributed by atoms with Crippen molar-refractivity contribution in [3.63, 3.8) is 0 Å². The molecule has 0 spiro atoms. The van der Waals surface area contributed by atoms with Gasteiger partial charge in [-0.1, -0.05) is 12.1 Å². The van der Waals surface area contributed by atoms with Crippen LogP contribution >= 0.6 is 0 Å². The molecule has 1 atom stereocenters. The van der Waals surface area contributed by atoms with Crippen molar-refractivity contribution in [2.75, 3.05) is 0 Å². The summed E-state index contributed by atoms with van der Waals surface area (Å²) in [6.07, 6.45) is 1.78. The minimum absolute atomic E-state index is 0.0275. The van der Waals surface area contributed by atoms with Gasteiger partial charge in [-0.2, -0.15) is 0 Å². The van der Waals surface area contributed by atoms with Crippen LogP contribution in [-0.4, -0.2) is 16.7 Å². The summed E-state index contributed by atoms with van der Waals surface area (Å²) in [5.41, 5.74) is 1.63. The Bertz CT molecular complexity index is 681. The zero-order valence-corrected chi connectivity index (χ0v) is 11.1. The highest BCUT2D eigenvalue weighted by molar-refractivity contribution is 6.00. The molecule has 0 saturated carbocycles. The molecule has 0 fully saturated rings. The molecule has 2 N–H and O–H groups in total. The highest BCUT2D eigenvalue weighted by Gasteiger charge is 2.34. The maximum Gasteiger partial charge on any atom is 0.319 e. The number of Topliss-reactive ketones (excluding diaryl/α,β-unsaturated/α-hetero) is 1. The first-order chi connectivity index (χ1) is 10.1. The van der Waals surface area contributed by atoms with E-state index >= 15 is 0 Å². The number of nitrogens with one attached hydrogen (secondary N) is 2. The lowest BCUT2D eigenvalue weighted by atomic mass is 9.85.